The lowest BCUT2D eigenvalue weighted by Gasteiger charge is -2.06. The second-order valence-electron chi connectivity index (χ2n) is 2.76. The maximum atomic E-state index is 5.36. The number of hydrogen-bond donors (Lipinski definition) is 0. The smallest absolute Gasteiger partial charge is 0.0719 e. The summed E-state index contributed by atoms with van der Waals surface area (Å²) in [5, 5.41) is 0. The average Bonchev–Trinajstić information content (AvgIpc) is 2.15. The highest BCUT2D eigenvalue weighted by Gasteiger charge is 1.97. The first-order chi connectivity index (χ1) is 5.88. The molecule has 66 valence electrons. The van der Waals surface area contributed by atoms with Crippen molar-refractivity contribution < 1.29 is 4.74 Å². The third kappa shape index (κ3) is 2.35. The largest absolute Gasteiger partial charge is 0.377 e. The van der Waals surface area contributed by atoms with Gasteiger partial charge in [0.25, 0.3) is 0 Å². The molecule has 0 saturated heterocycles. The topological polar surface area (TPSA) is 9.23 Å². The van der Waals surface area contributed by atoms with E-state index in [9.17, 15) is 0 Å². The quantitative estimate of drug-likeness (QED) is 0.665. The van der Waals surface area contributed by atoms with E-state index in [-0.39, 0.29) is 0 Å². The minimum Gasteiger partial charge on any atom is -0.377 e. The van der Waals surface area contributed by atoms with Crippen molar-refractivity contribution in [2.24, 2.45) is 0 Å². The molecule has 0 atom stereocenters. The summed E-state index contributed by atoms with van der Waals surface area (Å²) in [6.45, 7) is 5.73. The molecule has 0 heterocycles. The molecule has 1 aromatic rings. The first-order valence-corrected chi connectivity index (χ1v) is 4.53. The molecule has 1 nitrogen and oxygen atoms in total. The van der Waals surface area contributed by atoms with Crippen LogP contribution in [0.2, 0.25) is 0 Å². The van der Waals surface area contributed by atoms with Gasteiger partial charge < -0.3 is 4.74 Å². The Kier molecular flexibility index (Phi) is 3.81. The van der Waals surface area contributed by atoms with Crippen LogP contribution in [0.5, 0.6) is 0 Å². The van der Waals surface area contributed by atoms with Crippen molar-refractivity contribution in [3.63, 3.8) is 0 Å². The van der Waals surface area contributed by atoms with E-state index < -0.39 is 0 Å². The molecule has 0 N–H and O–H groups in total. The van der Waals surface area contributed by atoms with Gasteiger partial charge in [0.15, 0.2) is 0 Å². The van der Waals surface area contributed by atoms with Crippen LogP contribution >= 0.6 is 0 Å². The van der Waals surface area contributed by atoms with Crippen molar-refractivity contribution in [1.29, 1.82) is 0 Å². The Morgan fingerprint density at radius 1 is 1.08 bits per heavy atom. The molecular weight excluding hydrogens is 148 g/mol. The lowest BCUT2D eigenvalue weighted by Crippen LogP contribution is -1.96. The van der Waals surface area contributed by atoms with E-state index in [0.717, 1.165) is 19.6 Å². The van der Waals surface area contributed by atoms with Crippen molar-refractivity contribution in [3.8, 4) is 0 Å². The van der Waals surface area contributed by atoms with E-state index in [1.165, 1.54) is 11.1 Å². The zero-order valence-electron chi connectivity index (χ0n) is 7.84. The van der Waals surface area contributed by atoms with Gasteiger partial charge in [-0.15, -0.1) is 0 Å². The summed E-state index contributed by atoms with van der Waals surface area (Å²) in [4.78, 5) is 0. The van der Waals surface area contributed by atoms with Crippen LogP contribution in [-0.4, -0.2) is 6.61 Å². The molecule has 0 aliphatic carbocycles. The number of hydrogen-bond acceptors (Lipinski definition) is 1. The Balaban J connectivity index is 2.68. The summed E-state index contributed by atoms with van der Waals surface area (Å²) in [5.41, 5.74) is 2.72. The van der Waals surface area contributed by atoms with Gasteiger partial charge in [-0.25, -0.2) is 0 Å². The number of rotatable bonds is 4. The van der Waals surface area contributed by atoms with Crippen LogP contribution in [0.25, 0.3) is 0 Å². The second kappa shape index (κ2) is 4.94. The number of benzene rings is 1. The highest BCUT2D eigenvalue weighted by molar-refractivity contribution is 5.26. The second-order valence-corrected chi connectivity index (χ2v) is 2.76. The van der Waals surface area contributed by atoms with Gasteiger partial charge in [-0.2, -0.15) is 0 Å². The summed E-state index contributed by atoms with van der Waals surface area (Å²) in [7, 11) is 0. The molecule has 0 aliphatic heterocycles. The normalized spacial score (nSPS) is 10.2. The van der Waals surface area contributed by atoms with Crippen LogP contribution in [0.15, 0.2) is 24.3 Å². The first kappa shape index (κ1) is 9.27. The predicted octanol–water partition coefficient (Wildman–Crippen LogP) is 2.79. The molecule has 0 radical (unpaired) electrons. The van der Waals surface area contributed by atoms with Crippen LogP contribution in [0.1, 0.15) is 25.0 Å². The van der Waals surface area contributed by atoms with Crippen molar-refractivity contribution >= 4 is 0 Å². The van der Waals surface area contributed by atoms with Gasteiger partial charge in [0, 0.05) is 6.61 Å². The lowest BCUT2D eigenvalue weighted by molar-refractivity contribution is 0.133. The Labute approximate surface area is 74.4 Å². The summed E-state index contributed by atoms with van der Waals surface area (Å²) >= 11 is 0. The van der Waals surface area contributed by atoms with E-state index in [4.69, 9.17) is 4.74 Å². The van der Waals surface area contributed by atoms with Crippen LogP contribution in [0.4, 0.5) is 0 Å². The minimum atomic E-state index is 0.751. The third-order valence-corrected chi connectivity index (χ3v) is 1.96. The molecule has 0 amide bonds. The van der Waals surface area contributed by atoms with Crippen molar-refractivity contribution in [2.45, 2.75) is 26.9 Å². The highest BCUT2D eigenvalue weighted by atomic mass is 16.5. The van der Waals surface area contributed by atoms with Crippen molar-refractivity contribution in [2.75, 3.05) is 6.61 Å². The fourth-order valence-corrected chi connectivity index (χ4v) is 1.26. The standard InChI is InChI=1S/C11H16O/c1-3-10-7-5-6-8-11(10)9-12-4-2/h5-8H,3-4,9H2,1-2H3. The van der Waals surface area contributed by atoms with E-state index in [2.05, 4.69) is 31.2 Å². The van der Waals surface area contributed by atoms with Gasteiger partial charge in [0.2, 0.25) is 0 Å². The molecule has 0 saturated carbocycles. The average molecular weight is 164 g/mol. The Bertz CT molecular complexity index is 230. The van der Waals surface area contributed by atoms with Crippen LogP contribution < -0.4 is 0 Å². The zero-order valence-corrected chi connectivity index (χ0v) is 7.84. The third-order valence-electron chi connectivity index (χ3n) is 1.96. The Hall–Kier alpha value is -0.820. The highest BCUT2D eigenvalue weighted by Crippen LogP contribution is 2.10. The molecule has 1 aromatic carbocycles. The molecule has 1 rings (SSSR count). The summed E-state index contributed by atoms with van der Waals surface area (Å²) < 4.78 is 5.36. The minimum absolute atomic E-state index is 0.751. The van der Waals surface area contributed by atoms with Gasteiger partial charge in [0.1, 0.15) is 0 Å². The first-order valence-electron chi connectivity index (χ1n) is 4.53. The number of ether oxygens (including phenoxy) is 1. The van der Waals surface area contributed by atoms with Gasteiger partial charge >= 0.3 is 0 Å². The molecular formula is C11H16O. The SMILES string of the molecule is CCOCc1ccccc1CC. The molecule has 0 aliphatic rings. The van der Waals surface area contributed by atoms with Crippen LogP contribution in [0.3, 0.4) is 0 Å². The van der Waals surface area contributed by atoms with E-state index in [1.807, 2.05) is 6.92 Å². The molecule has 0 fully saturated rings. The monoisotopic (exact) mass is 164 g/mol. The fraction of sp³-hybridized carbons (Fsp3) is 0.455. The van der Waals surface area contributed by atoms with Gasteiger partial charge in [-0.05, 0) is 24.5 Å². The molecule has 0 bridgehead atoms. The van der Waals surface area contributed by atoms with Gasteiger partial charge in [-0.1, -0.05) is 31.2 Å². The molecule has 12 heavy (non-hydrogen) atoms. The van der Waals surface area contributed by atoms with Gasteiger partial charge in [-0.3, -0.25) is 0 Å². The van der Waals surface area contributed by atoms with Gasteiger partial charge in [0.05, 0.1) is 6.61 Å². The van der Waals surface area contributed by atoms with E-state index >= 15 is 0 Å². The Morgan fingerprint density at radius 3 is 2.33 bits per heavy atom. The van der Waals surface area contributed by atoms with Crippen LogP contribution in [-0.2, 0) is 17.8 Å². The van der Waals surface area contributed by atoms with Crippen molar-refractivity contribution in [3.05, 3.63) is 35.4 Å². The van der Waals surface area contributed by atoms with E-state index in [1.54, 1.807) is 0 Å². The maximum Gasteiger partial charge on any atom is 0.0719 e. The van der Waals surface area contributed by atoms with E-state index in [0.29, 0.717) is 0 Å². The maximum absolute atomic E-state index is 5.36. The summed E-state index contributed by atoms with van der Waals surface area (Å²) in [5.74, 6) is 0. The fourth-order valence-electron chi connectivity index (χ4n) is 1.26. The molecule has 0 spiro atoms. The summed E-state index contributed by atoms with van der Waals surface area (Å²) in [6, 6.07) is 8.44. The predicted molar refractivity (Wildman–Crippen MR) is 51.2 cm³/mol. The summed E-state index contributed by atoms with van der Waals surface area (Å²) in [6.07, 6.45) is 1.09. The lowest BCUT2D eigenvalue weighted by atomic mass is 10.1. The Morgan fingerprint density at radius 2 is 1.75 bits per heavy atom. The molecule has 1 heteroatoms. The van der Waals surface area contributed by atoms with Crippen LogP contribution in [0, 0.1) is 0 Å². The molecule has 0 aromatic heterocycles. The number of aryl methyl sites for hydroxylation is 1. The van der Waals surface area contributed by atoms with Crippen molar-refractivity contribution in [1.82, 2.24) is 0 Å². The molecule has 0 unspecified atom stereocenters. The zero-order chi connectivity index (χ0) is 8.81.